The number of rotatable bonds is 6. The van der Waals surface area contributed by atoms with Crippen LogP contribution in [0.2, 0.25) is 0 Å². The molecule has 5 heteroatoms. The van der Waals surface area contributed by atoms with Gasteiger partial charge in [0.1, 0.15) is 17.0 Å². The minimum atomic E-state index is -0.101. The Hall–Kier alpha value is -4.38. The lowest BCUT2D eigenvalue weighted by atomic mass is 10.1. The third-order valence-corrected chi connectivity index (χ3v) is 5.21. The Morgan fingerprint density at radius 3 is 2.47 bits per heavy atom. The zero-order chi connectivity index (χ0) is 21.9. The Balaban J connectivity index is 1.54. The van der Waals surface area contributed by atoms with E-state index in [0.717, 1.165) is 22.2 Å². The van der Waals surface area contributed by atoms with Crippen LogP contribution in [0.3, 0.4) is 0 Å². The quantitative estimate of drug-likeness (QED) is 0.243. The molecule has 0 aliphatic heterocycles. The molecule has 0 spiro atoms. The largest absolute Gasteiger partial charge is 0.497 e. The zero-order valence-electron chi connectivity index (χ0n) is 17.4. The van der Waals surface area contributed by atoms with E-state index in [1.54, 1.807) is 48.2 Å². The number of fused-ring (bicyclic) bond motifs is 1. The summed E-state index contributed by atoms with van der Waals surface area (Å²) in [7, 11) is 1.60. The van der Waals surface area contributed by atoms with Crippen LogP contribution >= 0.6 is 0 Å². The maximum atomic E-state index is 12.7. The Bertz CT molecular complexity index is 1380. The standard InChI is InChI=1S/C27H20N2O3/c1-31-23-14-11-19(12-15-23)24(30)16-13-21-18-29(22-8-3-2-4-9-22)28-27(21)26-17-20-7-5-6-10-25(20)32-26/h2-18H,1H3/b16-13-. The lowest BCUT2D eigenvalue weighted by Gasteiger charge is -2.00. The number of ether oxygens (including phenoxy) is 1. The predicted molar refractivity (Wildman–Crippen MR) is 125 cm³/mol. The molecular formula is C27H20N2O3. The molecule has 5 aromatic rings. The van der Waals surface area contributed by atoms with Crippen LogP contribution in [-0.2, 0) is 0 Å². The van der Waals surface area contributed by atoms with Crippen molar-refractivity contribution in [3.05, 3.63) is 108 Å². The molecule has 0 atom stereocenters. The monoisotopic (exact) mass is 420 g/mol. The normalized spacial score (nSPS) is 11.3. The van der Waals surface area contributed by atoms with Crippen molar-refractivity contribution >= 4 is 22.8 Å². The van der Waals surface area contributed by atoms with Crippen molar-refractivity contribution < 1.29 is 13.9 Å². The Morgan fingerprint density at radius 2 is 1.72 bits per heavy atom. The van der Waals surface area contributed by atoms with Crippen LogP contribution in [0.5, 0.6) is 5.75 Å². The van der Waals surface area contributed by atoms with Gasteiger partial charge in [-0.3, -0.25) is 4.79 Å². The average Bonchev–Trinajstić information content (AvgIpc) is 3.47. The third-order valence-electron chi connectivity index (χ3n) is 5.21. The first-order valence-electron chi connectivity index (χ1n) is 10.2. The van der Waals surface area contributed by atoms with Gasteiger partial charge in [0.25, 0.3) is 0 Å². The minimum Gasteiger partial charge on any atom is -0.497 e. The van der Waals surface area contributed by atoms with E-state index in [1.165, 1.54) is 0 Å². The Morgan fingerprint density at radius 1 is 0.969 bits per heavy atom. The molecule has 0 N–H and O–H groups in total. The van der Waals surface area contributed by atoms with Crippen LogP contribution in [0, 0.1) is 0 Å². The van der Waals surface area contributed by atoms with Gasteiger partial charge in [-0.1, -0.05) is 36.4 Å². The number of benzene rings is 3. The lowest BCUT2D eigenvalue weighted by molar-refractivity contribution is 0.104. The highest BCUT2D eigenvalue weighted by atomic mass is 16.5. The number of nitrogens with zero attached hydrogens (tertiary/aromatic N) is 2. The number of carbonyl (C=O) groups is 1. The topological polar surface area (TPSA) is 57.3 Å². The molecule has 0 fully saturated rings. The van der Waals surface area contributed by atoms with Gasteiger partial charge in [-0.15, -0.1) is 0 Å². The summed E-state index contributed by atoms with van der Waals surface area (Å²) < 4.78 is 13.0. The van der Waals surface area contributed by atoms with E-state index >= 15 is 0 Å². The van der Waals surface area contributed by atoms with Gasteiger partial charge in [-0.05, 0) is 60.7 Å². The zero-order valence-corrected chi connectivity index (χ0v) is 17.4. The molecule has 0 radical (unpaired) electrons. The van der Waals surface area contributed by atoms with Gasteiger partial charge in [0.2, 0.25) is 0 Å². The third kappa shape index (κ3) is 3.84. The predicted octanol–water partition coefficient (Wildman–Crippen LogP) is 6.19. The van der Waals surface area contributed by atoms with E-state index in [2.05, 4.69) is 0 Å². The van der Waals surface area contributed by atoms with E-state index in [9.17, 15) is 4.79 Å². The fourth-order valence-corrected chi connectivity index (χ4v) is 3.53. The summed E-state index contributed by atoms with van der Waals surface area (Å²) in [6.07, 6.45) is 5.23. The van der Waals surface area contributed by atoms with Gasteiger partial charge in [0.05, 0.1) is 12.8 Å². The number of allylic oxidation sites excluding steroid dienone is 1. The second kappa shape index (κ2) is 8.40. The molecule has 0 bridgehead atoms. The highest BCUT2D eigenvalue weighted by Crippen LogP contribution is 2.30. The van der Waals surface area contributed by atoms with Crippen molar-refractivity contribution in [2.24, 2.45) is 0 Å². The molecule has 32 heavy (non-hydrogen) atoms. The molecule has 5 rings (SSSR count). The first-order chi connectivity index (χ1) is 15.7. The van der Waals surface area contributed by atoms with Crippen molar-refractivity contribution in [3.8, 4) is 22.9 Å². The molecule has 156 valence electrons. The molecule has 0 aliphatic rings. The van der Waals surface area contributed by atoms with Gasteiger partial charge < -0.3 is 9.15 Å². The van der Waals surface area contributed by atoms with Gasteiger partial charge in [-0.25, -0.2) is 4.68 Å². The van der Waals surface area contributed by atoms with E-state index < -0.39 is 0 Å². The summed E-state index contributed by atoms with van der Waals surface area (Å²) in [6, 6.07) is 26.7. The molecule has 2 aromatic heterocycles. The number of para-hydroxylation sites is 2. The molecule has 0 aliphatic carbocycles. The molecule has 0 saturated carbocycles. The average molecular weight is 420 g/mol. The van der Waals surface area contributed by atoms with E-state index in [4.69, 9.17) is 14.3 Å². The van der Waals surface area contributed by atoms with Gasteiger partial charge in [0.15, 0.2) is 11.5 Å². The number of furan rings is 1. The molecular weight excluding hydrogens is 400 g/mol. The lowest BCUT2D eigenvalue weighted by Crippen LogP contribution is -1.94. The van der Waals surface area contributed by atoms with Crippen molar-refractivity contribution in [2.45, 2.75) is 0 Å². The SMILES string of the molecule is COc1ccc(C(=O)/C=C\c2cn(-c3ccccc3)nc2-c2cc3ccccc3o2)cc1. The van der Waals surface area contributed by atoms with Crippen LogP contribution in [0.15, 0.2) is 102 Å². The second-order valence-corrected chi connectivity index (χ2v) is 7.29. The summed E-state index contributed by atoms with van der Waals surface area (Å²) in [4.78, 5) is 12.7. The van der Waals surface area contributed by atoms with Gasteiger partial charge in [0, 0.05) is 22.7 Å². The highest BCUT2D eigenvalue weighted by Gasteiger charge is 2.15. The van der Waals surface area contributed by atoms with Crippen LogP contribution in [0.25, 0.3) is 34.2 Å². The molecule has 0 unspecified atom stereocenters. The number of hydrogen-bond donors (Lipinski definition) is 0. The summed E-state index contributed by atoms with van der Waals surface area (Å²) in [5.41, 5.74) is 3.76. The second-order valence-electron chi connectivity index (χ2n) is 7.29. The molecule has 2 heterocycles. The van der Waals surface area contributed by atoms with E-state index in [1.807, 2.05) is 66.9 Å². The van der Waals surface area contributed by atoms with Crippen LogP contribution < -0.4 is 4.74 Å². The number of ketones is 1. The Kier molecular flexibility index (Phi) is 5.14. The first kappa shape index (κ1) is 19.6. The Labute approximate surface area is 185 Å². The highest BCUT2D eigenvalue weighted by molar-refractivity contribution is 6.07. The summed E-state index contributed by atoms with van der Waals surface area (Å²) in [5.74, 6) is 1.26. The van der Waals surface area contributed by atoms with Gasteiger partial charge in [-0.2, -0.15) is 5.10 Å². The van der Waals surface area contributed by atoms with Crippen LogP contribution in [-0.4, -0.2) is 22.7 Å². The van der Waals surface area contributed by atoms with E-state index in [-0.39, 0.29) is 5.78 Å². The molecule has 0 saturated heterocycles. The minimum absolute atomic E-state index is 0.101. The smallest absolute Gasteiger partial charge is 0.185 e. The number of carbonyl (C=O) groups excluding carboxylic acids is 1. The first-order valence-corrected chi connectivity index (χ1v) is 10.2. The summed E-state index contributed by atoms with van der Waals surface area (Å²) in [6.45, 7) is 0. The number of hydrogen-bond acceptors (Lipinski definition) is 4. The van der Waals surface area contributed by atoms with E-state index in [0.29, 0.717) is 22.8 Å². The fourth-order valence-electron chi connectivity index (χ4n) is 3.53. The summed E-state index contributed by atoms with van der Waals surface area (Å²) >= 11 is 0. The summed E-state index contributed by atoms with van der Waals surface area (Å²) in [5, 5.41) is 5.76. The van der Waals surface area contributed by atoms with Crippen LogP contribution in [0.1, 0.15) is 15.9 Å². The maximum Gasteiger partial charge on any atom is 0.185 e. The maximum absolute atomic E-state index is 12.7. The number of aromatic nitrogens is 2. The van der Waals surface area contributed by atoms with Gasteiger partial charge >= 0.3 is 0 Å². The van der Waals surface area contributed by atoms with Crippen molar-refractivity contribution in [3.63, 3.8) is 0 Å². The number of methoxy groups -OCH3 is 1. The van der Waals surface area contributed by atoms with Crippen molar-refractivity contribution in [1.29, 1.82) is 0 Å². The fraction of sp³-hybridized carbons (Fsp3) is 0.0370. The van der Waals surface area contributed by atoms with Crippen LogP contribution in [0.4, 0.5) is 0 Å². The molecule has 3 aromatic carbocycles. The molecule has 0 amide bonds. The van der Waals surface area contributed by atoms with Crippen molar-refractivity contribution in [2.75, 3.05) is 7.11 Å². The van der Waals surface area contributed by atoms with Crippen molar-refractivity contribution in [1.82, 2.24) is 9.78 Å². The molecule has 5 nitrogen and oxygen atoms in total.